The summed E-state index contributed by atoms with van der Waals surface area (Å²) < 4.78 is 0. The molecule has 0 amide bonds. The first kappa shape index (κ1) is 10.6. The standard InChI is InChI=1S/C7H17N3S/c1-7(2,3)4-11-5-10-6(8)9/h4-5H2,1-3H3,(H4,8,9,10). The molecule has 0 aliphatic heterocycles. The first-order valence-corrected chi connectivity index (χ1v) is 4.70. The third-order valence-electron chi connectivity index (χ3n) is 0.873. The fourth-order valence-corrected chi connectivity index (χ4v) is 1.42. The Labute approximate surface area is 72.6 Å². The van der Waals surface area contributed by atoms with Crippen LogP contribution in [0.1, 0.15) is 20.8 Å². The lowest BCUT2D eigenvalue weighted by Gasteiger charge is -2.16. The lowest BCUT2D eigenvalue weighted by molar-refractivity contribution is 0.481. The van der Waals surface area contributed by atoms with Gasteiger partial charge in [0.2, 0.25) is 0 Å². The summed E-state index contributed by atoms with van der Waals surface area (Å²) in [6.45, 7) is 6.57. The molecule has 66 valence electrons. The van der Waals surface area contributed by atoms with Crippen molar-refractivity contribution in [2.24, 2.45) is 21.9 Å². The number of rotatable bonds is 3. The maximum atomic E-state index is 5.16. The largest absolute Gasteiger partial charge is 0.370 e. The molecule has 0 bridgehead atoms. The van der Waals surface area contributed by atoms with Crippen molar-refractivity contribution in [1.82, 2.24) is 0 Å². The Bertz CT molecular complexity index is 133. The molecule has 0 atom stereocenters. The van der Waals surface area contributed by atoms with Crippen molar-refractivity contribution in [2.75, 3.05) is 11.6 Å². The molecule has 0 rings (SSSR count). The van der Waals surface area contributed by atoms with Gasteiger partial charge < -0.3 is 11.5 Å². The van der Waals surface area contributed by atoms with Crippen molar-refractivity contribution in [3.8, 4) is 0 Å². The lowest BCUT2D eigenvalue weighted by atomic mass is 10.0. The summed E-state index contributed by atoms with van der Waals surface area (Å²) in [6, 6.07) is 0. The topological polar surface area (TPSA) is 64.4 Å². The molecule has 0 aromatic heterocycles. The highest BCUT2D eigenvalue weighted by Crippen LogP contribution is 2.19. The molecule has 0 fully saturated rings. The Morgan fingerprint density at radius 3 is 2.27 bits per heavy atom. The minimum atomic E-state index is 0.173. The molecule has 0 radical (unpaired) electrons. The van der Waals surface area contributed by atoms with Gasteiger partial charge in [0.1, 0.15) is 0 Å². The monoisotopic (exact) mass is 175 g/mol. The molecule has 0 saturated heterocycles. The van der Waals surface area contributed by atoms with E-state index in [-0.39, 0.29) is 5.96 Å². The van der Waals surface area contributed by atoms with Gasteiger partial charge in [0.25, 0.3) is 0 Å². The Hall–Kier alpha value is -0.380. The van der Waals surface area contributed by atoms with Crippen LogP contribution in [-0.2, 0) is 0 Å². The number of aliphatic imine (C=N–C) groups is 1. The molecule has 4 heteroatoms. The smallest absolute Gasteiger partial charge is 0.186 e. The zero-order valence-corrected chi connectivity index (χ0v) is 8.24. The van der Waals surface area contributed by atoms with Crippen LogP contribution in [-0.4, -0.2) is 17.6 Å². The Balaban J connectivity index is 3.36. The van der Waals surface area contributed by atoms with Crippen molar-refractivity contribution in [3.63, 3.8) is 0 Å². The third kappa shape index (κ3) is 9.62. The minimum absolute atomic E-state index is 0.173. The van der Waals surface area contributed by atoms with Crippen molar-refractivity contribution in [2.45, 2.75) is 20.8 Å². The molecular weight excluding hydrogens is 158 g/mol. The maximum Gasteiger partial charge on any atom is 0.186 e. The number of nitrogens with zero attached hydrogens (tertiary/aromatic N) is 1. The lowest BCUT2D eigenvalue weighted by Crippen LogP contribution is -2.22. The number of nitrogens with two attached hydrogens (primary N) is 2. The highest BCUT2D eigenvalue weighted by atomic mass is 32.2. The van der Waals surface area contributed by atoms with Crippen molar-refractivity contribution in [3.05, 3.63) is 0 Å². The van der Waals surface area contributed by atoms with E-state index in [1.54, 1.807) is 11.8 Å². The van der Waals surface area contributed by atoms with Crippen LogP contribution in [0.25, 0.3) is 0 Å². The van der Waals surface area contributed by atoms with Crippen LogP contribution < -0.4 is 11.5 Å². The molecule has 11 heavy (non-hydrogen) atoms. The fraction of sp³-hybridized carbons (Fsp3) is 0.857. The molecule has 0 spiro atoms. The first-order chi connectivity index (χ1) is 4.92. The summed E-state index contributed by atoms with van der Waals surface area (Å²) in [5, 5.41) is 0. The highest BCUT2D eigenvalue weighted by molar-refractivity contribution is 7.99. The van der Waals surface area contributed by atoms with E-state index < -0.39 is 0 Å². The van der Waals surface area contributed by atoms with E-state index >= 15 is 0 Å². The van der Waals surface area contributed by atoms with Gasteiger partial charge in [0.05, 0.1) is 5.88 Å². The number of hydrogen-bond acceptors (Lipinski definition) is 2. The summed E-state index contributed by atoms with van der Waals surface area (Å²) in [5.41, 5.74) is 10.7. The van der Waals surface area contributed by atoms with E-state index in [1.807, 2.05) is 0 Å². The molecule has 4 N–H and O–H groups in total. The van der Waals surface area contributed by atoms with Crippen molar-refractivity contribution in [1.29, 1.82) is 0 Å². The summed E-state index contributed by atoms with van der Waals surface area (Å²) in [7, 11) is 0. The second kappa shape index (κ2) is 4.49. The first-order valence-electron chi connectivity index (χ1n) is 3.55. The predicted molar refractivity (Wildman–Crippen MR) is 52.6 cm³/mol. The van der Waals surface area contributed by atoms with Gasteiger partial charge in [-0.05, 0) is 11.2 Å². The minimum Gasteiger partial charge on any atom is -0.370 e. The number of hydrogen-bond donors (Lipinski definition) is 2. The zero-order valence-electron chi connectivity index (χ0n) is 7.42. The van der Waals surface area contributed by atoms with Gasteiger partial charge >= 0.3 is 0 Å². The molecule has 0 aliphatic rings. The molecule has 3 nitrogen and oxygen atoms in total. The third-order valence-corrected chi connectivity index (χ3v) is 2.26. The van der Waals surface area contributed by atoms with Gasteiger partial charge in [-0.3, -0.25) is 0 Å². The zero-order chi connectivity index (χ0) is 8.91. The van der Waals surface area contributed by atoms with E-state index in [4.69, 9.17) is 11.5 Å². The van der Waals surface area contributed by atoms with E-state index in [0.29, 0.717) is 11.3 Å². The molecule has 0 unspecified atom stereocenters. The van der Waals surface area contributed by atoms with E-state index in [2.05, 4.69) is 25.8 Å². The van der Waals surface area contributed by atoms with Gasteiger partial charge in [-0.1, -0.05) is 20.8 Å². The molecule has 0 aromatic carbocycles. The normalized spacial score (nSPS) is 11.2. The van der Waals surface area contributed by atoms with Crippen molar-refractivity contribution >= 4 is 17.7 Å². The van der Waals surface area contributed by atoms with Crippen molar-refractivity contribution < 1.29 is 0 Å². The molecular formula is C7H17N3S. The quantitative estimate of drug-likeness (QED) is 0.382. The van der Waals surface area contributed by atoms with Crippen LogP contribution in [0, 0.1) is 5.41 Å². The average Bonchev–Trinajstić information content (AvgIpc) is 1.78. The van der Waals surface area contributed by atoms with Gasteiger partial charge in [-0.25, -0.2) is 4.99 Å². The SMILES string of the molecule is CC(C)(C)CSCN=C(N)N. The van der Waals surface area contributed by atoms with Crippen LogP contribution in [0.3, 0.4) is 0 Å². The van der Waals surface area contributed by atoms with Crippen LogP contribution in [0.5, 0.6) is 0 Å². The number of guanidine groups is 1. The Morgan fingerprint density at radius 1 is 1.36 bits per heavy atom. The Morgan fingerprint density at radius 2 is 1.91 bits per heavy atom. The van der Waals surface area contributed by atoms with Crippen LogP contribution in [0.2, 0.25) is 0 Å². The summed E-state index contributed by atoms with van der Waals surface area (Å²) in [4.78, 5) is 3.86. The summed E-state index contributed by atoms with van der Waals surface area (Å²) in [6.07, 6.45) is 0. The maximum absolute atomic E-state index is 5.16. The summed E-state index contributed by atoms with van der Waals surface area (Å²) >= 11 is 1.74. The highest BCUT2D eigenvalue weighted by Gasteiger charge is 2.08. The fourth-order valence-electron chi connectivity index (χ4n) is 0.472. The predicted octanol–water partition coefficient (Wildman–Crippen LogP) is 0.997. The van der Waals surface area contributed by atoms with E-state index in [1.165, 1.54) is 0 Å². The van der Waals surface area contributed by atoms with Crippen LogP contribution in [0.15, 0.2) is 4.99 Å². The van der Waals surface area contributed by atoms with Crippen LogP contribution >= 0.6 is 11.8 Å². The van der Waals surface area contributed by atoms with Crippen LogP contribution in [0.4, 0.5) is 0 Å². The number of thioether (sulfide) groups is 1. The molecule has 0 aromatic rings. The van der Waals surface area contributed by atoms with Gasteiger partial charge in [0, 0.05) is 0 Å². The molecule has 0 aliphatic carbocycles. The second-order valence-electron chi connectivity index (χ2n) is 3.62. The van der Waals surface area contributed by atoms with E-state index in [9.17, 15) is 0 Å². The van der Waals surface area contributed by atoms with Gasteiger partial charge in [0.15, 0.2) is 5.96 Å². The molecule has 0 heterocycles. The summed E-state index contributed by atoms with van der Waals surface area (Å²) in [5.74, 6) is 1.91. The molecule has 0 saturated carbocycles. The van der Waals surface area contributed by atoms with Gasteiger partial charge in [-0.15, -0.1) is 11.8 Å². The second-order valence-corrected chi connectivity index (χ2v) is 4.58. The van der Waals surface area contributed by atoms with Gasteiger partial charge in [-0.2, -0.15) is 0 Å². The van der Waals surface area contributed by atoms with E-state index in [0.717, 1.165) is 5.75 Å². The average molecular weight is 175 g/mol. The Kier molecular flexibility index (Phi) is 4.33.